The molecule has 0 bridgehead atoms. The fourth-order valence-corrected chi connectivity index (χ4v) is 1.82. The van der Waals surface area contributed by atoms with Crippen LogP contribution in [-0.4, -0.2) is 23.6 Å². The highest BCUT2D eigenvalue weighted by Gasteiger charge is 2.23. The van der Waals surface area contributed by atoms with Gasteiger partial charge < -0.3 is 15.8 Å². The second-order valence-corrected chi connectivity index (χ2v) is 6.41. The minimum Gasteiger partial charge on any atom is -0.444 e. The van der Waals surface area contributed by atoms with Crippen molar-refractivity contribution in [3.05, 3.63) is 34.1 Å². The van der Waals surface area contributed by atoms with Gasteiger partial charge in [-0.25, -0.2) is 9.18 Å². The van der Waals surface area contributed by atoms with Gasteiger partial charge in [0.05, 0.1) is 4.47 Å². The molecule has 21 heavy (non-hydrogen) atoms. The molecule has 0 aliphatic heterocycles. The van der Waals surface area contributed by atoms with Crippen LogP contribution in [0.25, 0.3) is 0 Å². The van der Waals surface area contributed by atoms with E-state index in [2.05, 4.69) is 21.2 Å². The molecule has 1 rings (SSSR count). The number of halogens is 2. The Hall–Kier alpha value is -1.63. The largest absolute Gasteiger partial charge is 0.444 e. The molecular formula is C14H18BrFN2O3. The topological polar surface area (TPSA) is 81.4 Å². The average molecular weight is 361 g/mol. The highest BCUT2D eigenvalue weighted by molar-refractivity contribution is 9.10. The fourth-order valence-electron chi connectivity index (χ4n) is 1.57. The van der Waals surface area contributed by atoms with Gasteiger partial charge in [0.1, 0.15) is 17.5 Å². The molecule has 0 unspecified atom stereocenters. The molecule has 0 aliphatic carbocycles. The quantitative estimate of drug-likeness (QED) is 0.865. The summed E-state index contributed by atoms with van der Waals surface area (Å²) < 4.78 is 18.8. The van der Waals surface area contributed by atoms with Gasteiger partial charge in [0.15, 0.2) is 0 Å². The Morgan fingerprint density at radius 3 is 2.52 bits per heavy atom. The summed E-state index contributed by atoms with van der Waals surface area (Å²) in [6.45, 7) is 5.11. The normalized spacial score (nSPS) is 12.6. The molecule has 1 aromatic rings. The van der Waals surface area contributed by atoms with Crippen LogP contribution in [0, 0.1) is 5.82 Å². The van der Waals surface area contributed by atoms with Crippen molar-refractivity contribution in [3.8, 4) is 0 Å². The van der Waals surface area contributed by atoms with E-state index in [1.165, 1.54) is 12.1 Å². The molecule has 0 heterocycles. The zero-order valence-corrected chi connectivity index (χ0v) is 13.7. The number of nitrogens with two attached hydrogens (primary N) is 1. The molecule has 0 fully saturated rings. The van der Waals surface area contributed by atoms with Crippen LogP contribution in [0.3, 0.4) is 0 Å². The summed E-state index contributed by atoms with van der Waals surface area (Å²) in [5.41, 5.74) is 5.11. The number of benzene rings is 1. The molecule has 0 aliphatic rings. The molecule has 1 atom stereocenters. The van der Waals surface area contributed by atoms with Crippen LogP contribution in [0.2, 0.25) is 0 Å². The number of ether oxygens (including phenoxy) is 1. The Bertz CT molecular complexity index is 544. The van der Waals surface area contributed by atoms with Gasteiger partial charge in [0.25, 0.3) is 0 Å². The molecule has 0 saturated heterocycles. The molecule has 0 spiro atoms. The molecule has 5 nitrogen and oxygen atoms in total. The maximum Gasteiger partial charge on any atom is 0.408 e. The first-order chi connectivity index (χ1) is 9.58. The predicted molar refractivity (Wildman–Crippen MR) is 80.2 cm³/mol. The lowest BCUT2D eigenvalue weighted by molar-refractivity contribution is -0.120. The number of hydrogen-bond donors (Lipinski definition) is 2. The lowest BCUT2D eigenvalue weighted by Gasteiger charge is -2.22. The van der Waals surface area contributed by atoms with Crippen LogP contribution >= 0.6 is 15.9 Å². The monoisotopic (exact) mass is 360 g/mol. The number of amides is 2. The van der Waals surface area contributed by atoms with Gasteiger partial charge in [-0.05, 0) is 54.4 Å². The standard InChI is InChI=1S/C14H18BrFN2O3/c1-14(2,3)21-13(20)18-11(12(17)19)7-8-4-5-9(15)10(16)6-8/h4-6,11H,7H2,1-3H3,(H2,17,19)(H,18,20)/t11-/m0/s1. The zero-order valence-electron chi connectivity index (χ0n) is 12.1. The number of primary amides is 1. The summed E-state index contributed by atoms with van der Waals surface area (Å²) in [7, 11) is 0. The molecule has 1 aromatic carbocycles. The fraction of sp³-hybridized carbons (Fsp3) is 0.429. The van der Waals surface area contributed by atoms with Gasteiger partial charge in [-0.2, -0.15) is 0 Å². The molecule has 0 radical (unpaired) electrons. The third-order valence-electron chi connectivity index (χ3n) is 2.46. The minimum absolute atomic E-state index is 0.0821. The summed E-state index contributed by atoms with van der Waals surface area (Å²) in [4.78, 5) is 23.1. The molecule has 7 heteroatoms. The predicted octanol–water partition coefficient (Wildman–Crippen LogP) is 2.51. The van der Waals surface area contributed by atoms with Crippen molar-refractivity contribution in [2.24, 2.45) is 5.73 Å². The van der Waals surface area contributed by atoms with E-state index in [1.807, 2.05) is 0 Å². The average Bonchev–Trinajstić information content (AvgIpc) is 2.30. The van der Waals surface area contributed by atoms with Crippen LogP contribution in [0.5, 0.6) is 0 Å². The first kappa shape index (κ1) is 17.4. The SMILES string of the molecule is CC(C)(C)OC(=O)N[C@@H](Cc1ccc(Br)c(F)c1)C(N)=O. The Morgan fingerprint density at radius 2 is 2.05 bits per heavy atom. The highest BCUT2D eigenvalue weighted by atomic mass is 79.9. The van der Waals surface area contributed by atoms with Gasteiger partial charge in [-0.1, -0.05) is 6.07 Å². The Morgan fingerprint density at radius 1 is 1.43 bits per heavy atom. The van der Waals surface area contributed by atoms with Crippen LogP contribution in [0.1, 0.15) is 26.3 Å². The van der Waals surface area contributed by atoms with E-state index in [4.69, 9.17) is 10.5 Å². The Labute approximate surface area is 131 Å². The van der Waals surface area contributed by atoms with Crippen LogP contribution in [0.15, 0.2) is 22.7 Å². The number of alkyl carbamates (subject to hydrolysis) is 1. The van der Waals surface area contributed by atoms with Crippen LogP contribution in [0.4, 0.5) is 9.18 Å². The smallest absolute Gasteiger partial charge is 0.408 e. The molecule has 0 saturated carbocycles. The first-order valence-electron chi connectivity index (χ1n) is 6.31. The van der Waals surface area contributed by atoms with E-state index in [-0.39, 0.29) is 6.42 Å². The summed E-state index contributed by atoms with van der Waals surface area (Å²) >= 11 is 3.04. The molecule has 2 amide bonds. The lowest BCUT2D eigenvalue weighted by atomic mass is 10.1. The lowest BCUT2D eigenvalue weighted by Crippen LogP contribution is -2.47. The number of carbonyl (C=O) groups excluding carboxylic acids is 2. The highest BCUT2D eigenvalue weighted by Crippen LogP contribution is 2.17. The van der Waals surface area contributed by atoms with Gasteiger partial charge in [0.2, 0.25) is 5.91 Å². The van der Waals surface area contributed by atoms with Crippen molar-refractivity contribution >= 4 is 27.9 Å². The maximum absolute atomic E-state index is 13.4. The molecule has 3 N–H and O–H groups in total. The summed E-state index contributed by atoms with van der Waals surface area (Å²) in [5.74, 6) is -1.17. The van der Waals surface area contributed by atoms with E-state index >= 15 is 0 Å². The van der Waals surface area contributed by atoms with Gasteiger partial charge >= 0.3 is 6.09 Å². The number of carbonyl (C=O) groups is 2. The van der Waals surface area contributed by atoms with Crippen molar-refractivity contribution in [2.45, 2.75) is 38.8 Å². The van der Waals surface area contributed by atoms with Crippen LogP contribution in [-0.2, 0) is 16.0 Å². The van der Waals surface area contributed by atoms with E-state index in [0.29, 0.717) is 10.0 Å². The second kappa shape index (κ2) is 6.89. The summed E-state index contributed by atoms with van der Waals surface area (Å²) in [5, 5.41) is 2.39. The second-order valence-electron chi connectivity index (χ2n) is 5.55. The number of rotatable bonds is 4. The third-order valence-corrected chi connectivity index (χ3v) is 3.10. The van der Waals surface area contributed by atoms with Crippen molar-refractivity contribution in [1.82, 2.24) is 5.32 Å². The molecular weight excluding hydrogens is 343 g/mol. The Balaban J connectivity index is 2.76. The van der Waals surface area contributed by atoms with E-state index in [9.17, 15) is 14.0 Å². The summed E-state index contributed by atoms with van der Waals surface area (Å²) in [6.07, 6.45) is -0.664. The van der Waals surface area contributed by atoms with Crippen molar-refractivity contribution in [1.29, 1.82) is 0 Å². The van der Waals surface area contributed by atoms with Gasteiger partial charge in [-0.15, -0.1) is 0 Å². The zero-order chi connectivity index (χ0) is 16.2. The van der Waals surface area contributed by atoms with Gasteiger partial charge in [-0.3, -0.25) is 4.79 Å². The number of nitrogens with one attached hydrogen (secondary N) is 1. The first-order valence-corrected chi connectivity index (χ1v) is 7.10. The minimum atomic E-state index is -0.972. The third kappa shape index (κ3) is 6.12. The van der Waals surface area contributed by atoms with Gasteiger partial charge in [0, 0.05) is 6.42 Å². The molecule has 116 valence electrons. The van der Waals surface area contributed by atoms with Crippen molar-refractivity contribution in [2.75, 3.05) is 0 Å². The maximum atomic E-state index is 13.4. The molecule has 0 aromatic heterocycles. The van der Waals surface area contributed by atoms with Crippen LogP contribution < -0.4 is 11.1 Å². The van der Waals surface area contributed by atoms with Crippen molar-refractivity contribution < 1.29 is 18.7 Å². The van der Waals surface area contributed by atoms with E-state index in [1.54, 1.807) is 26.8 Å². The number of hydrogen-bond acceptors (Lipinski definition) is 3. The Kier molecular flexibility index (Phi) is 5.71. The summed E-state index contributed by atoms with van der Waals surface area (Å²) in [6, 6.07) is 3.47. The van der Waals surface area contributed by atoms with E-state index < -0.39 is 29.5 Å². The van der Waals surface area contributed by atoms with Crippen molar-refractivity contribution in [3.63, 3.8) is 0 Å². The van der Waals surface area contributed by atoms with E-state index in [0.717, 1.165) is 0 Å².